The average molecular weight is 324 g/mol. The van der Waals surface area contributed by atoms with Crippen LogP contribution in [0.15, 0.2) is 42.1 Å². The molecule has 0 unspecified atom stereocenters. The van der Waals surface area contributed by atoms with Gasteiger partial charge in [0, 0.05) is 18.8 Å². The molecule has 0 aliphatic carbocycles. The fourth-order valence-corrected chi connectivity index (χ4v) is 2.00. The minimum Gasteiger partial charge on any atom is -0.461 e. The van der Waals surface area contributed by atoms with Crippen molar-refractivity contribution in [2.75, 3.05) is 13.7 Å². The molecule has 0 spiro atoms. The SMILES string of the molecule is CCOC(=O)c1nn(-c2ccccc2)cc1/C=C(/C#N)C(=O)NC. The summed E-state index contributed by atoms with van der Waals surface area (Å²) in [6.07, 6.45) is 2.89. The molecule has 7 heteroatoms. The van der Waals surface area contributed by atoms with Crippen molar-refractivity contribution in [3.63, 3.8) is 0 Å². The van der Waals surface area contributed by atoms with Gasteiger partial charge in [-0.05, 0) is 25.1 Å². The van der Waals surface area contributed by atoms with Crippen molar-refractivity contribution in [2.24, 2.45) is 0 Å². The Balaban J connectivity index is 2.54. The third-order valence-corrected chi connectivity index (χ3v) is 3.12. The molecule has 122 valence electrons. The highest BCUT2D eigenvalue weighted by Gasteiger charge is 2.19. The molecule has 24 heavy (non-hydrogen) atoms. The predicted molar refractivity (Wildman–Crippen MR) is 87.2 cm³/mol. The van der Waals surface area contributed by atoms with E-state index in [1.165, 1.54) is 17.8 Å². The lowest BCUT2D eigenvalue weighted by molar-refractivity contribution is -0.116. The second-order valence-corrected chi connectivity index (χ2v) is 4.68. The van der Waals surface area contributed by atoms with Crippen LogP contribution in [0.3, 0.4) is 0 Å². The number of nitrogens with one attached hydrogen (secondary N) is 1. The molecule has 0 radical (unpaired) electrons. The molecule has 0 atom stereocenters. The van der Waals surface area contributed by atoms with Crippen molar-refractivity contribution >= 4 is 18.0 Å². The standard InChI is InChI=1S/C17H16N4O3/c1-3-24-17(23)15-13(9-12(10-18)16(22)19-2)11-21(20-15)14-7-5-4-6-8-14/h4-9,11H,3H2,1-2H3,(H,19,22)/b12-9-. The molecule has 0 bridgehead atoms. The minimum absolute atomic E-state index is 0.0392. The van der Waals surface area contributed by atoms with Crippen LogP contribution in [0.25, 0.3) is 11.8 Å². The molecule has 1 aromatic carbocycles. The molecule has 1 N–H and O–H groups in total. The second-order valence-electron chi connectivity index (χ2n) is 4.68. The number of para-hydroxylation sites is 1. The maximum absolute atomic E-state index is 12.1. The van der Waals surface area contributed by atoms with Gasteiger partial charge in [-0.2, -0.15) is 10.4 Å². The lowest BCUT2D eigenvalue weighted by atomic mass is 10.1. The van der Waals surface area contributed by atoms with Crippen LogP contribution in [-0.4, -0.2) is 35.3 Å². The van der Waals surface area contributed by atoms with E-state index in [0.29, 0.717) is 5.56 Å². The summed E-state index contributed by atoms with van der Waals surface area (Å²) in [4.78, 5) is 23.8. The molecule has 1 aromatic heterocycles. The molecule has 1 amide bonds. The average Bonchev–Trinajstić information content (AvgIpc) is 3.04. The first-order valence-electron chi connectivity index (χ1n) is 7.26. The fourth-order valence-electron chi connectivity index (χ4n) is 2.00. The zero-order valence-electron chi connectivity index (χ0n) is 13.3. The Morgan fingerprint density at radius 1 is 1.38 bits per heavy atom. The van der Waals surface area contributed by atoms with Crippen molar-refractivity contribution in [1.82, 2.24) is 15.1 Å². The number of esters is 1. The smallest absolute Gasteiger partial charge is 0.359 e. The number of likely N-dealkylation sites (N-methyl/N-ethyl adjacent to an activating group) is 1. The molecule has 0 aliphatic heterocycles. The zero-order valence-corrected chi connectivity index (χ0v) is 13.3. The highest BCUT2D eigenvalue weighted by molar-refractivity contribution is 6.03. The molecule has 0 saturated carbocycles. The van der Waals surface area contributed by atoms with Gasteiger partial charge in [-0.25, -0.2) is 9.48 Å². The number of carbonyl (C=O) groups excluding carboxylic acids is 2. The van der Waals surface area contributed by atoms with Crippen LogP contribution in [0.5, 0.6) is 0 Å². The molecule has 0 aliphatic rings. The number of hydrogen-bond donors (Lipinski definition) is 1. The summed E-state index contributed by atoms with van der Waals surface area (Å²) in [7, 11) is 1.42. The van der Waals surface area contributed by atoms with Gasteiger partial charge in [0.15, 0.2) is 5.69 Å². The third-order valence-electron chi connectivity index (χ3n) is 3.12. The van der Waals surface area contributed by atoms with Crippen LogP contribution in [0.1, 0.15) is 23.0 Å². The molecule has 1 heterocycles. The Kier molecular flexibility index (Phi) is 5.47. The number of benzene rings is 1. The Morgan fingerprint density at radius 3 is 2.67 bits per heavy atom. The van der Waals surface area contributed by atoms with Gasteiger partial charge < -0.3 is 10.1 Å². The van der Waals surface area contributed by atoms with E-state index in [-0.39, 0.29) is 17.9 Å². The van der Waals surface area contributed by atoms with Gasteiger partial charge in [0.05, 0.1) is 12.3 Å². The zero-order chi connectivity index (χ0) is 17.5. The van der Waals surface area contributed by atoms with E-state index in [4.69, 9.17) is 10.00 Å². The van der Waals surface area contributed by atoms with Crippen molar-refractivity contribution in [1.29, 1.82) is 5.26 Å². The number of aromatic nitrogens is 2. The number of ether oxygens (including phenoxy) is 1. The van der Waals surface area contributed by atoms with Crippen LogP contribution < -0.4 is 5.32 Å². The lowest BCUT2D eigenvalue weighted by Crippen LogP contribution is -2.19. The Bertz CT molecular complexity index is 816. The Hall–Kier alpha value is -3.40. The number of carbonyl (C=O) groups is 2. The quantitative estimate of drug-likeness (QED) is 0.513. The number of nitriles is 1. The van der Waals surface area contributed by atoms with Crippen LogP contribution in [-0.2, 0) is 9.53 Å². The van der Waals surface area contributed by atoms with E-state index in [9.17, 15) is 9.59 Å². The van der Waals surface area contributed by atoms with Gasteiger partial charge in [-0.15, -0.1) is 0 Å². The maximum atomic E-state index is 12.1. The summed E-state index contributed by atoms with van der Waals surface area (Å²) in [5.74, 6) is -1.16. The monoisotopic (exact) mass is 324 g/mol. The van der Waals surface area contributed by atoms with E-state index in [2.05, 4.69) is 10.4 Å². The molecule has 2 rings (SSSR count). The van der Waals surface area contributed by atoms with E-state index >= 15 is 0 Å². The van der Waals surface area contributed by atoms with Crippen molar-refractivity contribution in [2.45, 2.75) is 6.92 Å². The summed E-state index contributed by atoms with van der Waals surface area (Å²) in [5.41, 5.74) is 0.978. The molecular formula is C17H16N4O3. The summed E-state index contributed by atoms with van der Waals surface area (Å²) in [6, 6.07) is 11.0. The Morgan fingerprint density at radius 2 is 2.08 bits per heavy atom. The first kappa shape index (κ1) is 17.0. The fraction of sp³-hybridized carbons (Fsp3) is 0.176. The van der Waals surface area contributed by atoms with E-state index in [1.54, 1.807) is 13.1 Å². The molecule has 7 nitrogen and oxygen atoms in total. The number of amides is 1. The molecular weight excluding hydrogens is 308 g/mol. The highest BCUT2D eigenvalue weighted by Crippen LogP contribution is 2.17. The lowest BCUT2D eigenvalue weighted by Gasteiger charge is -2.00. The second kappa shape index (κ2) is 7.74. The third kappa shape index (κ3) is 3.67. The van der Waals surface area contributed by atoms with E-state index in [0.717, 1.165) is 5.69 Å². The van der Waals surface area contributed by atoms with E-state index < -0.39 is 11.9 Å². The number of rotatable bonds is 5. The van der Waals surface area contributed by atoms with Gasteiger partial charge in [0.25, 0.3) is 5.91 Å². The topological polar surface area (TPSA) is 97.0 Å². The van der Waals surface area contributed by atoms with Crippen LogP contribution in [0.2, 0.25) is 0 Å². The van der Waals surface area contributed by atoms with Crippen molar-refractivity contribution < 1.29 is 14.3 Å². The minimum atomic E-state index is -0.618. The predicted octanol–water partition coefficient (Wildman–Crippen LogP) is 1.70. The van der Waals surface area contributed by atoms with Gasteiger partial charge >= 0.3 is 5.97 Å². The Labute approximate surface area is 139 Å². The first-order chi connectivity index (χ1) is 11.6. The van der Waals surface area contributed by atoms with Crippen LogP contribution in [0, 0.1) is 11.3 Å². The van der Waals surface area contributed by atoms with Crippen molar-refractivity contribution in [3.05, 3.63) is 53.4 Å². The molecule has 0 saturated heterocycles. The number of nitrogens with zero attached hydrogens (tertiary/aromatic N) is 3. The summed E-state index contributed by atoms with van der Waals surface area (Å²) in [6.45, 7) is 1.88. The largest absolute Gasteiger partial charge is 0.461 e. The molecule has 2 aromatic rings. The summed E-state index contributed by atoms with van der Waals surface area (Å²) in [5, 5.41) is 15.7. The van der Waals surface area contributed by atoms with Gasteiger partial charge in [-0.1, -0.05) is 18.2 Å². The highest BCUT2D eigenvalue weighted by atomic mass is 16.5. The first-order valence-corrected chi connectivity index (χ1v) is 7.26. The molecule has 0 fully saturated rings. The van der Waals surface area contributed by atoms with Gasteiger partial charge in [0.2, 0.25) is 0 Å². The van der Waals surface area contributed by atoms with Crippen LogP contribution in [0.4, 0.5) is 0 Å². The van der Waals surface area contributed by atoms with Crippen LogP contribution >= 0.6 is 0 Å². The van der Waals surface area contributed by atoms with E-state index in [1.807, 2.05) is 36.4 Å². The summed E-state index contributed by atoms with van der Waals surface area (Å²) < 4.78 is 6.49. The van der Waals surface area contributed by atoms with Crippen molar-refractivity contribution in [3.8, 4) is 11.8 Å². The number of hydrogen-bond acceptors (Lipinski definition) is 5. The maximum Gasteiger partial charge on any atom is 0.359 e. The van der Waals surface area contributed by atoms with Gasteiger partial charge in [0.1, 0.15) is 11.6 Å². The normalized spacial score (nSPS) is 10.8. The summed E-state index contributed by atoms with van der Waals surface area (Å²) >= 11 is 0. The van der Waals surface area contributed by atoms with Gasteiger partial charge in [-0.3, -0.25) is 4.79 Å².